The van der Waals surface area contributed by atoms with Gasteiger partial charge in [-0.15, -0.1) is 0 Å². The fourth-order valence-electron chi connectivity index (χ4n) is 3.01. The van der Waals surface area contributed by atoms with Crippen LogP contribution in [-0.4, -0.2) is 35.0 Å². The first-order chi connectivity index (χ1) is 8.38. The normalized spacial score (nSPS) is 28.8. The molecule has 0 unspecified atom stereocenters. The Morgan fingerprint density at radius 1 is 1.28 bits per heavy atom. The summed E-state index contributed by atoms with van der Waals surface area (Å²) >= 11 is 0. The van der Waals surface area contributed by atoms with Gasteiger partial charge in [-0.2, -0.15) is 0 Å². The van der Waals surface area contributed by atoms with Crippen molar-refractivity contribution in [2.24, 2.45) is 5.92 Å². The number of rotatable bonds is 0. The minimum Gasteiger partial charge on any atom is -0.444 e. The van der Waals surface area contributed by atoms with Gasteiger partial charge in [-0.05, 0) is 46.5 Å². The second-order valence-corrected chi connectivity index (χ2v) is 6.35. The molecule has 0 bridgehead atoms. The Bertz CT molecular complexity index is 345. The van der Waals surface area contributed by atoms with Crippen LogP contribution < -0.4 is 0 Å². The highest BCUT2D eigenvalue weighted by atomic mass is 16.6. The van der Waals surface area contributed by atoms with E-state index < -0.39 is 5.60 Å². The number of carbonyl (C=O) groups is 2. The van der Waals surface area contributed by atoms with E-state index >= 15 is 0 Å². The Balaban J connectivity index is 2.07. The summed E-state index contributed by atoms with van der Waals surface area (Å²) in [6.45, 7) is 6.35. The lowest BCUT2D eigenvalue weighted by Gasteiger charge is -2.43. The third-order valence-electron chi connectivity index (χ3n) is 3.74. The number of amides is 1. The van der Waals surface area contributed by atoms with Crippen molar-refractivity contribution in [2.75, 3.05) is 6.54 Å². The number of piperidine rings is 1. The monoisotopic (exact) mass is 253 g/mol. The fourth-order valence-corrected chi connectivity index (χ4v) is 3.01. The predicted molar refractivity (Wildman–Crippen MR) is 68.3 cm³/mol. The molecule has 2 aliphatic rings. The lowest BCUT2D eigenvalue weighted by Crippen LogP contribution is -2.53. The molecule has 0 radical (unpaired) electrons. The van der Waals surface area contributed by atoms with E-state index in [4.69, 9.17) is 4.74 Å². The van der Waals surface area contributed by atoms with Gasteiger partial charge in [-0.25, -0.2) is 4.79 Å². The molecule has 0 spiro atoms. The molecule has 2 fully saturated rings. The molecular formula is C14H23NO3. The minimum absolute atomic E-state index is 0.0556. The summed E-state index contributed by atoms with van der Waals surface area (Å²) in [4.78, 5) is 25.9. The zero-order chi connectivity index (χ0) is 13.3. The molecular weight excluding hydrogens is 230 g/mol. The van der Waals surface area contributed by atoms with Crippen molar-refractivity contribution in [2.45, 2.75) is 64.5 Å². The quantitative estimate of drug-likeness (QED) is 0.667. The SMILES string of the molecule is CC(C)(C)OC(=O)N1CCC[C@@H]2C(=O)CCC[C@@H]21. The van der Waals surface area contributed by atoms with Crippen molar-refractivity contribution in [1.29, 1.82) is 0 Å². The lowest BCUT2D eigenvalue weighted by atomic mass is 9.77. The van der Waals surface area contributed by atoms with Crippen LogP contribution in [0.25, 0.3) is 0 Å². The Hall–Kier alpha value is -1.06. The average molecular weight is 253 g/mol. The van der Waals surface area contributed by atoms with Crippen molar-refractivity contribution in [3.63, 3.8) is 0 Å². The van der Waals surface area contributed by atoms with Crippen LogP contribution in [0.15, 0.2) is 0 Å². The van der Waals surface area contributed by atoms with Gasteiger partial charge in [0.05, 0.1) is 0 Å². The van der Waals surface area contributed by atoms with Crippen molar-refractivity contribution >= 4 is 11.9 Å². The number of hydrogen-bond donors (Lipinski definition) is 0. The van der Waals surface area contributed by atoms with Crippen LogP contribution >= 0.6 is 0 Å². The molecule has 1 aliphatic carbocycles. The summed E-state index contributed by atoms with van der Waals surface area (Å²) in [5.41, 5.74) is -0.470. The summed E-state index contributed by atoms with van der Waals surface area (Å²) in [5.74, 6) is 0.388. The number of likely N-dealkylation sites (tertiary alicyclic amines) is 1. The summed E-state index contributed by atoms with van der Waals surface area (Å²) in [6, 6.07) is 0.0786. The predicted octanol–water partition coefficient (Wildman–Crippen LogP) is 2.76. The smallest absolute Gasteiger partial charge is 0.410 e. The third kappa shape index (κ3) is 2.85. The van der Waals surface area contributed by atoms with Crippen LogP contribution in [0, 0.1) is 5.92 Å². The minimum atomic E-state index is -0.470. The summed E-state index contributed by atoms with van der Waals surface area (Å²) in [5, 5.41) is 0. The van der Waals surface area contributed by atoms with E-state index in [1.807, 2.05) is 20.8 Å². The first kappa shape index (κ1) is 13.4. The van der Waals surface area contributed by atoms with Crippen LogP contribution in [0.2, 0.25) is 0 Å². The number of ketones is 1. The van der Waals surface area contributed by atoms with E-state index in [9.17, 15) is 9.59 Å². The van der Waals surface area contributed by atoms with E-state index in [1.54, 1.807) is 4.90 Å². The highest BCUT2D eigenvalue weighted by molar-refractivity contribution is 5.83. The van der Waals surface area contributed by atoms with Gasteiger partial charge in [-0.3, -0.25) is 4.79 Å². The lowest BCUT2D eigenvalue weighted by molar-refractivity contribution is -0.129. The highest BCUT2D eigenvalue weighted by Gasteiger charge is 2.41. The zero-order valence-electron chi connectivity index (χ0n) is 11.6. The van der Waals surface area contributed by atoms with Crippen molar-refractivity contribution < 1.29 is 14.3 Å². The molecule has 102 valence electrons. The van der Waals surface area contributed by atoms with Gasteiger partial charge in [0.1, 0.15) is 11.4 Å². The van der Waals surface area contributed by atoms with Gasteiger partial charge < -0.3 is 9.64 Å². The largest absolute Gasteiger partial charge is 0.444 e. The standard InChI is InChI=1S/C14H23NO3/c1-14(2,3)18-13(17)15-9-5-6-10-11(15)7-4-8-12(10)16/h10-11H,4-9H2,1-3H3/t10-,11-/m0/s1. The third-order valence-corrected chi connectivity index (χ3v) is 3.74. The van der Waals surface area contributed by atoms with E-state index in [-0.39, 0.29) is 18.1 Å². The van der Waals surface area contributed by atoms with Crippen molar-refractivity contribution in [3.8, 4) is 0 Å². The van der Waals surface area contributed by atoms with Crippen LogP contribution in [0.4, 0.5) is 4.79 Å². The fraction of sp³-hybridized carbons (Fsp3) is 0.857. The Morgan fingerprint density at radius 3 is 2.67 bits per heavy atom. The van der Waals surface area contributed by atoms with E-state index in [1.165, 1.54) is 0 Å². The molecule has 4 nitrogen and oxygen atoms in total. The molecule has 1 saturated heterocycles. The first-order valence-electron chi connectivity index (χ1n) is 6.91. The number of fused-ring (bicyclic) bond motifs is 1. The maximum Gasteiger partial charge on any atom is 0.410 e. The molecule has 0 aromatic carbocycles. The molecule has 2 rings (SSSR count). The summed E-state index contributed by atoms with van der Waals surface area (Å²) in [6.07, 6.45) is 4.11. The number of nitrogens with zero attached hydrogens (tertiary/aromatic N) is 1. The number of ether oxygens (including phenoxy) is 1. The summed E-state index contributed by atoms with van der Waals surface area (Å²) in [7, 11) is 0. The van der Waals surface area contributed by atoms with Gasteiger partial charge in [0.2, 0.25) is 0 Å². The van der Waals surface area contributed by atoms with Gasteiger partial charge in [0, 0.05) is 24.9 Å². The molecule has 1 heterocycles. The maximum atomic E-state index is 12.2. The molecule has 0 N–H and O–H groups in total. The second kappa shape index (κ2) is 4.90. The molecule has 0 aromatic heterocycles. The molecule has 0 aromatic rings. The Kier molecular flexibility index (Phi) is 3.64. The molecule has 1 aliphatic heterocycles. The molecule has 1 amide bonds. The Labute approximate surface area is 109 Å². The van der Waals surface area contributed by atoms with Gasteiger partial charge in [0.25, 0.3) is 0 Å². The first-order valence-corrected chi connectivity index (χ1v) is 6.91. The van der Waals surface area contributed by atoms with Crippen LogP contribution in [0.5, 0.6) is 0 Å². The van der Waals surface area contributed by atoms with Crippen molar-refractivity contribution in [1.82, 2.24) is 4.90 Å². The summed E-state index contributed by atoms with van der Waals surface area (Å²) < 4.78 is 5.44. The second-order valence-electron chi connectivity index (χ2n) is 6.35. The van der Waals surface area contributed by atoms with Gasteiger partial charge >= 0.3 is 6.09 Å². The highest BCUT2D eigenvalue weighted by Crippen LogP contribution is 2.33. The van der Waals surface area contributed by atoms with Gasteiger partial charge in [0.15, 0.2) is 0 Å². The van der Waals surface area contributed by atoms with Crippen LogP contribution in [0.1, 0.15) is 52.9 Å². The van der Waals surface area contributed by atoms with E-state index in [0.717, 1.165) is 32.2 Å². The number of Topliss-reactive ketones (excluding diaryl/α,β-unsaturated/α-hetero) is 1. The van der Waals surface area contributed by atoms with E-state index in [0.29, 0.717) is 12.2 Å². The molecule has 4 heteroatoms. The van der Waals surface area contributed by atoms with E-state index in [2.05, 4.69) is 0 Å². The molecule has 2 atom stereocenters. The topological polar surface area (TPSA) is 46.6 Å². The maximum absolute atomic E-state index is 12.2. The van der Waals surface area contributed by atoms with Gasteiger partial charge in [-0.1, -0.05) is 0 Å². The number of carbonyl (C=O) groups excluding carboxylic acids is 2. The van der Waals surface area contributed by atoms with Crippen LogP contribution in [-0.2, 0) is 9.53 Å². The number of hydrogen-bond acceptors (Lipinski definition) is 3. The average Bonchev–Trinajstić information content (AvgIpc) is 2.26. The van der Waals surface area contributed by atoms with Crippen molar-refractivity contribution in [3.05, 3.63) is 0 Å². The Morgan fingerprint density at radius 2 is 2.00 bits per heavy atom. The molecule has 1 saturated carbocycles. The van der Waals surface area contributed by atoms with Crippen LogP contribution in [0.3, 0.4) is 0 Å². The molecule has 18 heavy (non-hydrogen) atoms. The zero-order valence-corrected chi connectivity index (χ0v) is 11.6.